The number of amides is 1. The second-order valence-corrected chi connectivity index (χ2v) is 5.07. The zero-order valence-corrected chi connectivity index (χ0v) is 13.2. The number of carbonyl (C=O) groups excluding carboxylic acids is 2. The Morgan fingerprint density at radius 1 is 1.41 bits per heavy atom. The normalized spacial score (nSPS) is 14.5. The second-order valence-electron chi connectivity index (χ2n) is 4.68. The Morgan fingerprint density at radius 3 is 2.73 bits per heavy atom. The van der Waals surface area contributed by atoms with E-state index in [9.17, 15) is 9.59 Å². The number of anilines is 1. The van der Waals surface area contributed by atoms with Gasteiger partial charge in [-0.15, -0.1) is 0 Å². The lowest BCUT2D eigenvalue weighted by Crippen LogP contribution is -2.27. The van der Waals surface area contributed by atoms with Crippen LogP contribution in [0, 0.1) is 0 Å². The largest absolute Gasteiger partial charge is 0.495 e. The van der Waals surface area contributed by atoms with Crippen molar-refractivity contribution in [2.75, 3.05) is 25.5 Å². The number of ketones is 1. The van der Waals surface area contributed by atoms with Crippen molar-refractivity contribution < 1.29 is 14.3 Å². The maximum absolute atomic E-state index is 12.4. The van der Waals surface area contributed by atoms with Crippen LogP contribution in [0.25, 0.3) is 0 Å². The van der Waals surface area contributed by atoms with Gasteiger partial charge >= 0.3 is 0 Å². The van der Waals surface area contributed by atoms with E-state index in [0.717, 1.165) is 0 Å². The van der Waals surface area contributed by atoms with Crippen LogP contribution in [0.3, 0.4) is 0 Å². The number of carbonyl (C=O) groups is 2. The molecule has 0 spiro atoms. The van der Waals surface area contributed by atoms with Crippen LogP contribution in [-0.2, 0) is 9.59 Å². The predicted octanol–water partition coefficient (Wildman–Crippen LogP) is 1.30. The molecule has 0 bridgehead atoms. The average Bonchev–Trinajstić information content (AvgIpc) is 2.90. The molecule has 1 aliphatic heterocycles. The summed E-state index contributed by atoms with van der Waals surface area (Å²) in [7, 11) is 1.51. The Morgan fingerprint density at radius 2 is 2.14 bits per heavy atom. The highest BCUT2D eigenvalue weighted by molar-refractivity contribution is 7.80. The van der Waals surface area contributed by atoms with Gasteiger partial charge in [0.2, 0.25) is 0 Å². The van der Waals surface area contributed by atoms with Crippen molar-refractivity contribution >= 4 is 34.7 Å². The van der Waals surface area contributed by atoms with Gasteiger partial charge in [0, 0.05) is 19.3 Å². The molecule has 1 fully saturated rings. The molecule has 0 unspecified atom stereocenters. The van der Waals surface area contributed by atoms with E-state index in [2.05, 4.69) is 10.6 Å². The standard InChI is InChI=1S/C15H17N3O3S/c1-10(19)11(9-18-8-7-16-15(18)22)14(20)17-12-5-3-4-6-13(12)21-2/h3-6,9H,7-8H2,1-2H3,(H,16,22)(H,17,20)/b11-9+. The molecule has 1 aromatic rings. The molecule has 2 N–H and O–H groups in total. The Hall–Kier alpha value is -2.41. The van der Waals surface area contributed by atoms with Gasteiger partial charge < -0.3 is 20.3 Å². The lowest BCUT2D eigenvalue weighted by atomic mass is 10.1. The first-order chi connectivity index (χ1) is 10.5. The third kappa shape index (κ3) is 3.62. The van der Waals surface area contributed by atoms with Gasteiger partial charge in [0.1, 0.15) is 5.75 Å². The molecule has 22 heavy (non-hydrogen) atoms. The Labute approximate surface area is 134 Å². The minimum Gasteiger partial charge on any atom is -0.495 e. The van der Waals surface area contributed by atoms with Crippen LogP contribution in [0.5, 0.6) is 5.75 Å². The molecule has 0 radical (unpaired) electrons. The topological polar surface area (TPSA) is 70.7 Å². The molecular weight excluding hydrogens is 302 g/mol. The summed E-state index contributed by atoms with van der Waals surface area (Å²) < 4.78 is 5.18. The minimum atomic E-state index is -0.494. The SMILES string of the molecule is COc1ccccc1NC(=O)/C(=C/N1CCNC1=S)C(C)=O. The van der Waals surface area contributed by atoms with Crippen molar-refractivity contribution in [1.29, 1.82) is 0 Å². The quantitative estimate of drug-likeness (QED) is 0.369. The Bertz CT molecular complexity index is 643. The van der Waals surface area contributed by atoms with Gasteiger partial charge in [0.25, 0.3) is 5.91 Å². The number of nitrogens with one attached hydrogen (secondary N) is 2. The van der Waals surface area contributed by atoms with Crippen molar-refractivity contribution in [3.8, 4) is 5.75 Å². The smallest absolute Gasteiger partial charge is 0.260 e. The Balaban J connectivity index is 2.22. The number of methoxy groups -OCH3 is 1. The highest BCUT2D eigenvalue weighted by atomic mass is 32.1. The molecule has 2 rings (SSSR count). The van der Waals surface area contributed by atoms with Crippen LogP contribution >= 0.6 is 12.2 Å². The van der Waals surface area contributed by atoms with Gasteiger partial charge in [-0.3, -0.25) is 9.59 Å². The zero-order chi connectivity index (χ0) is 16.1. The summed E-state index contributed by atoms with van der Waals surface area (Å²) in [5.41, 5.74) is 0.543. The molecule has 6 nitrogen and oxygen atoms in total. The molecule has 1 heterocycles. The summed E-state index contributed by atoms with van der Waals surface area (Å²) in [5, 5.41) is 6.16. The molecule has 116 valence electrons. The summed E-state index contributed by atoms with van der Waals surface area (Å²) in [6, 6.07) is 7.00. The average molecular weight is 319 g/mol. The van der Waals surface area contributed by atoms with Crippen LogP contribution in [0.1, 0.15) is 6.92 Å². The fourth-order valence-electron chi connectivity index (χ4n) is 2.01. The zero-order valence-electron chi connectivity index (χ0n) is 12.4. The molecule has 1 aliphatic rings. The molecule has 0 aliphatic carbocycles. The maximum atomic E-state index is 12.4. The van der Waals surface area contributed by atoms with Gasteiger partial charge in [0.05, 0.1) is 18.4 Å². The van der Waals surface area contributed by atoms with Crippen molar-refractivity contribution in [1.82, 2.24) is 10.2 Å². The lowest BCUT2D eigenvalue weighted by molar-refractivity contribution is -0.119. The highest BCUT2D eigenvalue weighted by Gasteiger charge is 2.21. The number of thiocarbonyl (C=S) groups is 1. The fourth-order valence-corrected chi connectivity index (χ4v) is 2.26. The molecular formula is C15H17N3O3S. The summed E-state index contributed by atoms with van der Waals surface area (Å²) in [6.45, 7) is 2.66. The number of hydrogen-bond donors (Lipinski definition) is 2. The molecule has 7 heteroatoms. The van der Waals surface area contributed by atoms with Gasteiger partial charge in [0.15, 0.2) is 10.9 Å². The number of para-hydroxylation sites is 2. The lowest BCUT2D eigenvalue weighted by Gasteiger charge is -2.14. The van der Waals surface area contributed by atoms with E-state index in [-0.39, 0.29) is 11.4 Å². The molecule has 0 aromatic heterocycles. The number of hydrogen-bond acceptors (Lipinski definition) is 4. The minimum absolute atomic E-state index is 0.0388. The first-order valence-electron chi connectivity index (χ1n) is 6.74. The predicted molar refractivity (Wildman–Crippen MR) is 87.7 cm³/mol. The third-order valence-electron chi connectivity index (χ3n) is 3.15. The second kappa shape index (κ2) is 7.04. The fraction of sp³-hybridized carbons (Fsp3) is 0.267. The van der Waals surface area contributed by atoms with Gasteiger partial charge in [-0.1, -0.05) is 12.1 Å². The van der Waals surface area contributed by atoms with E-state index in [1.54, 1.807) is 29.2 Å². The molecule has 1 saturated heterocycles. The van der Waals surface area contributed by atoms with E-state index in [1.807, 2.05) is 0 Å². The number of nitrogens with zero attached hydrogens (tertiary/aromatic N) is 1. The van der Waals surface area contributed by atoms with Gasteiger partial charge in [-0.2, -0.15) is 0 Å². The molecule has 0 atom stereocenters. The number of benzene rings is 1. The van der Waals surface area contributed by atoms with Crippen LogP contribution in [0.15, 0.2) is 36.0 Å². The van der Waals surface area contributed by atoms with E-state index in [4.69, 9.17) is 17.0 Å². The number of Topliss-reactive ketones (excluding diaryl/α,β-unsaturated/α-hetero) is 1. The van der Waals surface area contributed by atoms with Crippen molar-refractivity contribution in [3.05, 3.63) is 36.0 Å². The summed E-state index contributed by atoms with van der Waals surface area (Å²) in [6.07, 6.45) is 1.48. The maximum Gasteiger partial charge on any atom is 0.260 e. The molecule has 0 saturated carbocycles. The van der Waals surface area contributed by atoms with Crippen LogP contribution in [0.2, 0.25) is 0 Å². The monoisotopic (exact) mass is 319 g/mol. The van der Waals surface area contributed by atoms with Crippen molar-refractivity contribution in [2.45, 2.75) is 6.92 Å². The number of ether oxygens (including phenoxy) is 1. The first-order valence-corrected chi connectivity index (χ1v) is 7.15. The summed E-state index contributed by atoms with van der Waals surface area (Å²) >= 11 is 5.11. The molecule has 1 amide bonds. The van der Waals surface area contributed by atoms with E-state index < -0.39 is 5.91 Å². The van der Waals surface area contributed by atoms with Crippen LogP contribution in [0.4, 0.5) is 5.69 Å². The highest BCUT2D eigenvalue weighted by Crippen LogP contribution is 2.23. The van der Waals surface area contributed by atoms with Crippen LogP contribution in [-0.4, -0.2) is 41.9 Å². The van der Waals surface area contributed by atoms with Gasteiger partial charge in [-0.05, 0) is 31.3 Å². The number of rotatable bonds is 5. The molecule has 1 aromatic carbocycles. The van der Waals surface area contributed by atoms with Gasteiger partial charge in [-0.25, -0.2) is 0 Å². The first kappa shape index (κ1) is 16.0. The third-order valence-corrected chi connectivity index (χ3v) is 3.53. The summed E-state index contributed by atoms with van der Waals surface area (Å²) in [4.78, 5) is 25.8. The van der Waals surface area contributed by atoms with Crippen molar-refractivity contribution in [2.24, 2.45) is 0 Å². The Kier molecular flexibility index (Phi) is 5.11. The van der Waals surface area contributed by atoms with Crippen LogP contribution < -0.4 is 15.4 Å². The summed E-state index contributed by atoms with van der Waals surface area (Å²) in [5.74, 6) is -0.300. The van der Waals surface area contributed by atoms with E-state index >= 15 is 0 Å². The van der Waals surface area contributed by atoms with E-state index in [0.29, 0.717) is 29.6 Å². The van der Waals surface area contributed by atoms with E-state index in [1.165, 1.54) is 20.2 Å². The van der Waals surface area contributed by atoms with Crippen molar-refractivity contribution in [3.63, 3.8) is 0 Å².